The SMILES string of the molecule is Cc1ccc(CCn2cnc3nc(N=[N+]=[N-])ccc3c2=O)cc1. The summed E-state index contributed by atoms with van der Waals surface area (Å²) in [5.74, 6) is 0.198. The van der Waals surface area contributed by atoms with Crippen LogP contribution in [0.1, 0.15) is 11.1 Å². The molecule has 1 aromatic carbocycles. The average Bonchev–Trinajstić information content (AvgIpc) is 2.56. The molecule has 0 amide bonds. The van der Waals surface area contributed by atoms with E-state index in [9.17, 15) is 4.79 Å². The zero-order valence-electron chi connectivity index (χ0n) is 12.5. The van der Waals surface area contributed by atoms with Crippen molar-refractivity contribution in [2.24, 2.45) is 5.11 Å². The molecule has 3 aromatic rings. The molecule has 0 aliphatic heterocycles. The van der Waals surface area contributed by atoms with E-state index >= 15 is 0 Å². The Hall–Kier alpha value is -3.18. The minimum Gasteiger partial charge on any atom is -0.298 e. The molecule has 0 unspecified atom stereocenters. The molecule has 23 heavy (non-hydrogen) atoms. The molecule has 0 N–H and O–H groups in total. The molecule has 114 valence electrons. The van der Waals surface area contributed by atoms with Gasteiger partial charge in [0, 0.05) is 11.5 Å². The number of aromatic nitrogens is 3. The summed E-state index contributed by atoms with van der Waals surface area (Å²) in [4.78, 5) is 23.4. The van der Waals surface area contributed by atoms with Gasteiger partial charge in [-0.05, 0) is 41.7 Å². The maximum Gasteiger partial charge on any atom is 0.262 e. The molecule has 2 heterocycles. The van der Waals surface area contributed by atoms with Crippen LogP contribution in [0.3, 0.4) is 0 Å². The third-order valence-corrected chi connectivity index (χ3v) is 3.58. The highest BCUT2D eigenvalue weighted by atomic mass is 16.1. The first-order valence-corrected chi connectivity index (χ1v) is 7.14. The van der Waals surface area contributed by atoms with E-state index in [-0.39, 0.29) is 17.0 Å². The van der Waals surface area contributed by atoms with Crippen LogP contribution < -0.4 is 5.56 Å². The Morgan fingerprint density at radius 2 is 2.00 bits per heavy atom. The van der Waals surface area contributed by atoms with Crippen molar-refractivity contribution in [2.75, 3.05) is 0 Å². The van der Waals surface area contributed by atoms with Crippen molar-refractivity contribution in [1.29, 1.82) is 0 Å². The first-order chi connectivity index (χ1) is 11.2. The van der Waals surface area contributed by atoms with Crippen LogP contribution >= 0.6 is 0 Å². The summed E-state index contributed by atoms with van der Waals surface area (Å²) in [6, 6.07) is 11.3. The highest BCUT2D eigenvalue weighted by Crippen LogP contribution is 2.12. The molecule has 0 saturated carbocycles. The molecule has 0 saturated heterocycles. The van der Waals surface area contributed by atoms with Gasteiger partial charge in [0.1, 0.15) is 5.82 Å². The molecule has 7 nitrogen and oxygen atoms in total. The van der Waals surface area contributed by atoms with Crippen LogP contribution in [0.2, 0.25) is 0 Å². The van der Waals surface area contributed by atoms with Crippen molar-refractivity contribution >= 4 is 16.9 Å². The van der Waals surface area contributed by atoms with E-state index in [4.69, 9.17) is 5.53 Å². The standard InChI is InChI=1S/C16H14N6O/c1-11-2-4-12(5-3-11)8-9-22-10-18-15-13(16(22)23)6-7-14(19-15)20-21-17/h2-7,10H,8-9H2,1H3. The van der Waals surface area contributed by atoms with Crippen molar-refractivity contribution in [3.05, 3.63) is 74.6 Å². The lowest BCUT2D eigenvalue weighted by molar-refractivity contribution is 0.662. The smallest absolute Gasteiger partial charge is 0.262 e. The molecular formula is C16H14N6O. The summed E-state index contributed by atoms with van der Waals surface area (Å²) in [6.45, 7) is 2.59. The van der Waals surface area contributed by atoms with Crippen molar-refractivity contribution in [2.45, 2.75) is 19.9 Å². The Kier molecular flexibility index (Phi) is 4.03. The second-order valence-electron chi connectivity index (χ2n) is 5.21. The molecule has 0 spiro atoms. The second-order valence-corrected chi connectivity index (χ2v) is 5.21. The van der Waals surface area contributed by atoms with E-state index in [0.717, 1.165) is 6.42 Å². The van der Waals surface area contributed by atoms with E-state index in [2.05, 4.69) is 44.3 Å². The predicted octanol–water partition coefficient (Wildman–Crippen LogP) is 3.28. The summed E-state index contributed by atoms with van der Waals surface area (Å²) in [6.07, 6.45) is 2.23. The summed E-state index contributed by atoms with van der Waals surface area (Å²) < 4.78 is 1.57. The van der Waals surface area contributed by atoms with E-state index in [0.29, 0.717) is 11.9 Å². The number of aryl methyl sites for hydroxylation is 3. The Bertz CT molecular complexity index is 954. The lowest BCUT2D eigenvalue weighted by atomic mass is 10.1. The summed E-state index contributed by atoms with van der Waals surface area (Å²) in [5.41, 5.74) is 10.9. The van der Waals surface area contributed by atoms with E-state index < -0.39 is 0 Å². The highest BCUT2D eigenvalue weighted by molar-refractivity contribution is 5.74. The molecule has 7 heteroatoms. The fourth-order valence-electron chi connectivity index (χ4n) is 2.30. The summed E-state index contributed by atoms with van der Waals surface area (Å²) in [7, 11) is 0. The number of hydrogen-bond donors (Lipinski definition) is 0. The van der Waals surface area contributed by atoms with Gasteiger partial charge in [0.2, 0.25) is 0 Å². The molecule has 3 rings (SSSR count). The maximum atomic E-state index is 12.5. The monoisotopic (exact) mass is 306 g/mol. The van der Waals surface area contributed by atoms with Crippen molar-refractivity contribution in [1.82, 2.24) is 14.5 Å². The van der Waals surface area contributed by atoms with Gasteiger partial charge in [-0.2, -0.15) is 0 Å². The fourth-order valence-corrected chi connectivity index (χ4v) is 2.30. The Morgan fingerprint density at radius 1 is 1.22 bits per heavy atom. The van der Waals surface area contributed by atoms with Gasteiger partial charge in [0.15, 0.2) is 5.65 Å². The molecule has 0 aliphatic carbocycles. The maximum absolute atomic E-state index is 12.5. The topological polar surface area (TPSA) is 96.5 Å². The Morgan fingerprint density at radius 3 is 2.74 bits per heavy atom. The number of fused-ring (bicyclic) bond motifs is 1. The first-order valence-electron chi connectivity index (χ1n) is 7.14. The van der Waals surface area contributed by atoms with E-state index in [1.165, 1.54) is 23.5 Å². The van der Waals surface area contributed by atoms with E-state index in [1.807, 2.05) is 6.92 Å². The van der Waals surface area contributed by atoms with Crippen LogP contribution in [0, 0.1) is 6.92 Å². The number of pyridine rings is 1. The third kappa shape index (κ3) is 3.20. The first kappa shape index (κ1) is 14.7. The second kappa shape index (κ2) is 6.29. The van der Waals surface area contributed by atoms with Crippen LogP contribution in [0.25, 0.3) is 21.5 Å². The number of benzene rings is 1. The fraction of sp³-hybridized carbons (Fsp3) is 0.188. The summed E-state index contributed by atoms with van der Waals surface area (Å²) >= 11 is 0. The average molecular weight is 306 g/mol. The van der Waals surface area contributed by atoms with Gasteiger partial charge in [0.25, 0.3) is 5.56 Å². The minimum absolute atomic E-state index is 0.151. The van der Waals surface area contributed by atoms with Gasteiger partial charge in [0.05, 0.1) is 11.7 Å². The molecular weight excluding hydrogens is 292 g/mol. The molecule has 0 fully saturated rings. The highest BCUT2D eigenvalue weighted by Gasteiger charge is 2.06. The Balaban J connectivity index is 1.88. The zero-order valence-corrected chi connectivity index (χ0v) is 12.5. The van der Waals surface area contributed by atoms with Crippen molar-refractivity contribution < 1.29 is 0 Å². The van der Waals surface area contributed by atoms with Gasteiger partial charge in [-0.25, -0.2) is 9.97 Å². The number of azide groups is 1. The molecule has 2 aromatic heterocycles. The van der Waals surface area contributed by atoms with Crippen molar-refractivity contribution in [3.63, 3.8) is 0 Å². The van der Waals surface area contributed by atoms with Crippen LogP contribution in [0.4, 0.5) is 5.82 Å². The van der Waals surface area contributed by atoms with Crippen LogP contribution in [0.5, 0.6) is 0 Å². The zero-order chi connectivity index (χ0) is 16.2. The molecule has 0 atom stereocenters. The van der Waals surface area contributed by atoms with Gasteiger partial charge < -0.3 is 0 Å². The minimum atomic E-state index is -0.151. The Labute approximate surface area is 131 Å². The number of nitrogens with zero attached hydrogens (tertiary/aromatic N) is 6. The van der Waals surface area contributed by atoms with Crippen LogP contribution in [-0.4, -0.2) is 14.5 Å². The van der Waals surface area contributed by atoms with Crippen molar-refractivity contribution in [3.8, 4) is 0 Å². The normalized spacial score (nSPS) is 10.5. The van der Waals surface area contributed by atoms with Gasteiger partial charge in [-0.1, -0.05) is 29.8 Å². The lowest BCUT2D eigenvalue weighted by Crippen LogP contribution is -2.21. The van der Waals surface area contributed by atoms with Crippen LogP contribution in [0.15, 0.2) is 52.6 Å². The van der Waals surface area contributed by atoms with Gasteiger partial charge >= 0.3 is 0 Å². The largest absolute Gasteiger partial charge is 0.298 e. The predicted molar refractivity (Wildman–Crippen MR) is 87.5 cm³/mol. The quantitative estimate of drug-likeness (QED) is 0.420. The number of rotatable bonds is 4. The third-order valence-electron chi connectivity index (χ3n) is 3.58. The molecule has 0 bridgehead atoms. The van der Waals surface area contributed by atoms with E-state index in [1.54, 1.807) is 10.6 Å². The van der Waals surface area contributed by atoms with Gasteiger partial charge in [-0.15, -0.1) is 0 Å². The summed E-state index contributed by atoms with van der Waals surface area (Å²) in [5, 5.41) is 3.82. The van der Waals surface area contributed by atoms with Crippen LogP contribution in [-0.2, 0) is 13.0 Å². The molecule has 0 aliphatic rings. The molecule has 0 radical (unpaired) electrons. The number of hydrogen-bond acceptors (Lipinski definition) is 4. The lowest BCUT2D eigenvalue weighted by Gasteiger charge is -2.07. The van der Waals surface area contributed by atoms with Gasteiger partial charge in [-0.3, -0.25) is 9.36 Å².